The van der Waals surface area contributed by atoms with Crippen molar-refractivity contribution in [3.8, 4) is 17.4 Å². The number of aromatic nitrogens is 4. The summed E-state index contributed by atoms with van der Waals surface area (Å²) in [6.07, 6.45) is 2.37. The van der Waals surface area contributed by atoms with Crippen molar-refractivity contribution in [1.29, 1.82) is 0 Å². The van der Waals surface area contributed by atoms with E-state index in [1.807, 2.05) is 24.4 Å². The van der Waals surface area contributed by atoms with Crippen molar-refractivity contribution < 1.29 is 9.21 Å². The van der Waals surface area contributed by atoms with E-state index in [-0.39, 0.29) is 23.8 Å². The van der Waals surface area contributed by atoms with E-state index in [4.69, 9.17) is 4.42 Å². The molecular formula is C20H19N5O3S. The lowest BCUT2D eigenvalue weighted by atomic mass is 10.2. The Labute approximate surface area is 170 Å². The number of nitrogens with zero attached hydrogens (tertiary/aromatic N) is 3. The molecular weight excluding hydrogens is 390 g/mol. The van der Waals surface area contributed by atoms with Crippen LogP contribution in [0.3, 0.4) is 0 Å². The Morgan fingerprint density at radius 2 is 2.21 bits per heavy atom. The molecule has 0 aliphatic heterocycles. The number of hydrogen-bond donors (Lipinski definition) is 2. The zero-order valence-electron chi connectivity index (χ0n) is 15.9. The summed E-state index contributed by atoms with van der Waals surface area (Å²) in [6.45, 7) is 3.68. The van der Waals surface area contributed by atoms with Gasteiger partial charge in [0.15, 0.2) is 5.76 Å². The number of carbonyl (C=O) groups excluding carboxylic acids is 1. The van der Waals surface area contributed by atoms with E-state index in [0.717, 1.165) is 4.88 Å². The molecule has 0 saturated carbocycles. The Hall–Kier alpha value is -3.46. The van der Waals surface area contributed by atoms with Crippen LogP contribution in [0.2, 0.25) is 0 Å². The van der Waals surface area contributed by atoms with Gasteiger partial charge in [0.05, 0.1) is 12.7 Å². The van der Waals surface area contributed by atoms with Crippen LogP contribution in [0.1, 0.15) is 23.1 Å². The molecule has 29 heavy (non-hydrogen) atoms. The van der Waals surface area contributed by atoms with Gasteiger partial charge in [0, 0.05) is 22.2 Å². The molecule has 4 rings (SSSR count). The highest BCUT2D eigenvalue weighted by Gasteiger charge is 2.18. The second-order valence-electron chi connectivity index (χ2n) is 6.42. The summed E-state index contributed by atoms with van der Waals surface area (Å²) in [6, 6.07) is 9.02. The Morgan fingerprint density at radius 3 is 2.86 bits per heavy atom. The predicted molar refractivity (Wildman–Crippen MR) is 110 cm³/mol. The van der Waals surface area contributed by atoms with Gasteiger partial charge in [0.25, 0.3) is 5.56 Å². The minimum Gasteiger partial charge on any atom is -0.463 e. The van der Waals surface area contributed by atoms with Crippen LogP contribution in [-0.2, 0) is 17.6 Å². The average molecular weight is 409 g/mol. The smallest absolute Gasteiger partial charge is 0.255 e. The quantitative estimate of drug-likeness (QED) is 0.508. The van der Waals surface area contributed by atoms with Gasteiger partial charge in [-0.15, -0.1) is 11.3 Å². The number of amides is 1. The molecule has 0 bridgehead atoms. The molecule has 4 aromatic rings. The Balaban J connectivity index is 1.74. The van der Waals surface area contributed by atoms with E-state index in [0.29, 0.717) is 35.0 Å². The number of nitrogens with one attached hydrogen (secondary N) is 2. The van der Waals surface area contributed by atoms with Crippen molar-refractivity contribution in [2.75, 3.05) is 5.32 Å². The number of rotatable bonds is 6. The third-order valence-electron chi connectivity index (χ3n) is 4.43. The van der Waals surface area contributed by atoms with Crippen molar-refractivity contribution in [1.82, 2.24) is 19.7 Å². The first kappa shape index (κ1) is 18.9. The summed E-state index contributed by atoms with van der Waals surface area (Å²) in [5, 5.41) is 9.28. The van der Waals surface area contributed by atoms with Crippen LogP contribution in [-0.4, -0.2) is 25.7 Å². The fraction of sp³-hybridized carbons (Fsp3) is 0.200. The van der Waals surface area contributed by atoms with Gasteiger partial charge in [-0.25, -0.2) is 4.98 Å². The number of hydrogen-bond acceptors (Lipinski definition) is 6. The fourth-order valence-electron chi connectivity index (χ4n) is 3.05. The van der Waals surface area contributed by atoms with Crippen LogP contribution in [0.25, 0.3) is 17.4 Å². The highest BCUT2D eigenvalue weighted by atomic mass is 32.1. The van der Waals surface area contributed by atoms with Crippen molar-refractivity contribution >= 4 is 23.1 Å². The number of H-pyrrole nitrogens is 1. The summed E-state index contributed by atoms with van der Waals surface area (Å²) >= 11 is 1.52. The molecule has 8 nitrogen and oxygen atoms in total. The second kappa shape index (κ2) is 7.88. The Bertz CT molecular complexity index is 1190. The highest BCUT2D eigenvalue weighted by molar-refractivity contribution is 7.10. The SMILES string of the molecule is CCc1c(C)nc(-n2nc(-c3ccco3)cc2NC(=O)Cc2cccs2)[nH]c1=O. The van der Waals surface area contributed by atoms with Gasteiger partial charge in [0.1, 0.15) is 11.5 Å². The third kappa shape index (κ3) is 3.90. The standard InChI is InChI=1S/C20H19N5O3S/c1-3-14-12(2)21-20(23-19(14)27)25-17(11-15(24-25)16-7-4-8-28-16)22-18(26)10-13-6-5-9-29-13/h4-9,11H,3,10H2,1-2H3,(H,22,26)(H,21,23,27). The molecule has 2 N–H and O–H groups in total. The highest BCUT2D eigenvalue weighted by Crippen LogP contribution is 2.24. The second-order valence-corrected chi connectivity index (χ2v) is 7.45. The van der Waals surface area contributed by atoms with Crippen molar-refractivity contribution in [3.63, 3.8) is 0 Å². The maximum atomic E-state index is 12.5. The molecule has 0 fully saturated rings. The van der Waals surface area contributed by atoms with Gasteiger partial charge in [0.2, 0.25) is 11.9 Å². The first-order valence-electron chi connectivity index (χ1n) is 9.11. The van der Waals surface area contributed by atoms with Crippen molar-refractivity contribution in [3.05, 3.63) is 68.5 Å². The largest absolute Gasteiger partial charge is 0.463 e. The van der Waals surface area contributed by atoms with E-state index in [9.17, 15) is 9.59 Å². The zero-order chi connectivity index (χ0) is 20.4. The Morgan fingerprint density at radius 1 is 1.34 bits per heavy atom. The monoisotopic (exact) mass is 409 g/mol. The molecule has 0 spiro atoms. The lowest BCUT2D eigenvalue weighted by Crippen LogP contribution is -2.22. The van der Waals surface area contributed by atoms with E-state index in [2.05, 4.69) is 20.4 Å². The molecule has 4 aromatic heterocycles. The normalized spacial score (nSPS) is 11.0. The van der Waals surface area contributed by atoms with Gasteiger partial charge in [-0.1, -0.05) is 13.0 Å². The maximum Gasteiger partial charge on any atom is 0.255 e. The topological polar surface area (TPSA) is 106 Å². The van der Waals surface area contributed by atoms with Gasteiger partial charge in [-0.2, -0.15) is 9.78 Å². The summed E-state index contributed by atoms with van der Waals surface area (Å²) in [4.78, 5) is 33.1. The molecule has 0 aliphatic rings. The van der Waals surface area contributed by atoms with E-state index in [1.54, 1.807) is 31.4 Å². The average Bonchev–Trinajstić information content (AvgIpc) is 3.43. The third-order valence-corrected chi connectivity index (χ3v) is 5.31. The maximum absolute atomic E-state index is 12.5. The number of thiophene rings is 1. The van der Waals surface area contributed by atoms with Crippen molar-refractivity contribution in [2.24, 2.45) is 0 Å². The van der Waals surface area contributed by atoms with Crippen LogP contribution in [0.5, 0.6) is 0 Å². The van der Waals surface area contributed by atoms with Crippen LogP contribution in [0.15, 0.2) is 51.2 Å². The zero-order valence-corrected chi connectivity index (χ0v) is 16.7. The van der Waals surface area contributed by atoms with Crippen LogP contribution < -0.4 is 10.9 Å². The van der Waals surface area contributed by atoms with Gasteiger partial charge in [-0.3, -0.25) is 14.6 Å². The molecule has 4 heterocycles. The number of carbonyl (C=O) groups is 1. The molecule has 9 heteroatoms. The minimum atomic E-state index is -0.221. The van der Waals surface area contributed by atoms with Gasteiger partial charge in [-0.05, 0) is 36.9 Å². The molecule has 0 aliphatic carbocycles. The van der Waals surface area contributed by atoms with E-state index in [1.165, 1.54) is 16.0 Å². The number of furan rings is 1. The number of aromatic amines is 1. The fourth-order valence-corrected chi connectivity index (χ4v) is 3.75. The summed E-state index contributed by atoms with van der Waals surface area (Å²) in [5.41, 5.74) is 1.54. The van der Waals surface area contributed by atoms with E-state index >= 15 is 0 Å². The number of aryl methyl sites for hydroxylation is 1. The first-order valence-corrected chi connectivity index (χ1v) is 9.99. The van der Waals surface area contributed by atoms with Gasteiger partial charge >= 0.3 is 0 Å². The van der Waals surface area contributed by atoms with E-state index < -0.39 is 0 Å². The van der Waals surface area contributed by atoms with Crippen LogP contribution in [0, 0.1) is 6.92 Å². The summed E-state index contributed by atoms with van der Waals surface area (Å²) in [5.74, 6) is 0.976. The van der Waals surface area contributed by atoms with Crippen LogP contribution >= 0.6 is 11.3 Å². The summed E-state index contributed by atoms with van der Waals surface area (Å²) < 4.78 is 6.83. The predicted octanol–water partition coefficient (Wildman–Crippen LogP) is 3.33. The molecule has 1 amide bonds. The lowest BCUT2D eigenvalue weighted by molar-refractivity contribution is -0.115. The first-order chi connectivity index (χ1) is 14.0. The summed E-state index contributed by atoms with van der Waals surface area (Å²) in [7, 11) is 0. The molecule has 0 radical (unpaired) electrons. The van der Waals surface area contributed by atoms with Crippen LogP contribution in [0.4, 0.5) is 5.82 Å². The molecule has 148 valence electrons. The molecule has 0 atom stereocenters. The molecule has 0 unspecified atom stereocenters. The lowest BCUT2D eigenvalue weighted by Gasteiger charge is -2.09. The van der Waals surface area contributed by atoms with Gasteiger partial charge < -0.3 is 9.73 Å². The molecule has 0 saturated heterocycles. The Kier molecular flexibility index (Phi) is 5.13. The minimum absolute atomic E-state index is 0.191. The number of anilines is 1. The molecule has 0 aromatic carbocycles. The van der Waals surface area contributed by atoms with Crippen molar-refractivity contribution in [2.45, 2.75) is 26.7 Å².